The van der Waals surface area contributed by atoms with Gasteiger partial charge < -0.3 is 0 Å². The normalized spacial score (nSPS) is 11.1. The molecule has 0 fully saturated rings. The van der Waals surface area contributed by atoms with Crippen LogP contribution in [0.15, 0.2) is 48.8 Å². The van der Waals surface area contributed by atoms with E-state index in [0.29, 0.717) is 0 Å². The molecule has 0 aliphatic rings. The lowest BCUT2D eigenvalue weighted by Crippen LogP contribution is -2.31. The summed E-state index contributed by atoms with van der Waals surface area (Å²) in [4.78, 5) is 0. The fraction of sp³-hybridized carbons (Fsp3) is 0.621. The van der Waals surface area contributed by atoms with Gasteiger partial charge in [-0.1, -0.05) is 109 Å². The number of rotatable bonds is 17. The molecule has 0 atom stereocenters. The van der Waals surface area contributed by atoms with E-state index in [1.807, 2.05) is 0 Å². The van der Waals surface area contributed by atoms with E-state index in [4.69, 9.17) is 0 Å². The molecule has 1 aromatic heterocycles. The molecule has 2 rings (SSSR count). The van der Waals surface area contributed by atoms with Crippen molar-refractivity contribution in [2.75, 3.05) is 0 Å². The third kappa shape index (κ3) is 10.4. The van der Waals surface area contributed by atoms with Crippen LogP contribution in [-0.4, -0.2) is 0 Å². The van der Waals surface area contributed by atoms with Crippen LogP contribution in [-0.2, 0) is 12.8 Å². The summed E-state index contributed by atoms with van der Waals surface area (Å²) in [7, 11) is 0. The maximum absolute atomic E-state index is 2.48. The second-order valence-corrected chi connectivity index (χ2v) is 9.04. The Labute approximate surface area is 186 Å². The molecule has 2 aromatic rings. The first-order chi connectivity index (χ1) is 14.8. The Hall–Kier alpha value is -1.63. The van der Waals surface area contributed by atoms with Crippen LogP contribution in [0.25, 0.3) is 5.69 Å². The molecule has 0 radical (unpaired) electrons. The molecule has 1 aromatic carbocycles. The van der Waals surface area contributed by atoms with Gasteiger partial charge in [-0.25, -0.2) is 0 Å². The molecule has 0 aliphatic carbocycles. The third-order valence-electron chi connectivity index (χ3n) is 6.17. The smallest absolute Gasteiger partial charge is 0.167 e. The van der Waals surface area contributed by atoms with Gasteiger partial charge >= 0.3 is 0 Å². The molecular weight excluding hydrogens is 362 g/mol. The maximum atomic E-state index is 2.48. The van der Waals surface area contributed by atoms with Gasteiger partial charge in [0, 0.05) is 23.3 Å². The van der Waals surface area contributed by atoms with E-state index in [9.17, 15) is 0 Å². The highest BCUT2D eigenvalue weighted by Gasteiger charge is 2.10. The standard InChI is InChI=1S/C29H46N/c1-3-5-7-9-11-13-16-20-27-24-28(21-17-14-12-10-8-6-4-2)26-30(25-27)29-22-18-15-19-23-29/h15,18-19,22-26H,3-14,16-17,20-21H2,1-2H3/q+1. The van der Waals surface area contributed by atoms with Crippen LogP contribution in [0.3, 0.4) is 0 Å². The van der Waals surface area contributed by atoms with Crippen molar-refractivity contribution in [2.24, 2.45) is 0 Å². The van der Waals surface area contributed by atoms with Gasteiger partial charge in [-0.3, -0.25) is 0 Å². The van der Waals surface area contributed by atoms with E-state index >= 15 is 0 Å². The van der Waals surface area contributed by atoms with E-state index < -0.39 is 0 Å². The first-order valence-electron chi connectivity index (χ1n) is 12.9. The van der Waals surface area contributed by atoms with Gasteiger partial charge in [0.25, 0.3) is 0 Å². The van der Waals surface area contributed by atoms with Crippen LogP contribution in [0.1, 0.15) is 115 Å². The Bertz CT molecular complexity index is 625. The molecule has 0 amide bonds. The maximum Gasteiger partial charge on any atom is 0.210 e. The lowest BCUT2D eigenvalue weighted by Gasteiger charge is -2.07. The molecule has 1 heterocycles. The van der Waals surface area contributed by atoms with Crippen molar-refractivity contribution in [3.8, 4) is 5.69 Å². The Kier molecular flexibility index (Phi) is 13.2. The van der Waals surface area contributed by atoms with Crippen molar-refractivity contribution in [2.45, 2.75) is 117 Å². The molecule has 0 aliphatic heterocycles. The average Bonchev–Trinajstić information content (AvgIpc) is 2.78. The second kappa shape index (κ2) is 16.1. The van der Waals surface area contributed by atoms with Crippen molar-refractivity contribution < 1.29 is 4.57 Å². The van der Waals surface area contributed by atoms with Crippen molar-refractivity contribution in [3.05, 3.63) is 59.9 Å². The Morgan fingerprint density at radius 2 is 0.967 bits per heavy atom. The largest absolute Gasteiger partial charge is 0.210 e. The number of pyridine rings is 1. The highest BCUT2D eigenvalue weighted by Crippen LogP contribution is 2.14. The highest BCUT2D eigenvalue weighted by molar-refractivity contribution is 5.24. The first-order valence-corrected chi connectivity index (χ1v) is 12.9. The predicted octanol–water partition coefficient (Wildman–Crippen LogP) is 8.55. The van der Waals surface area contributed by atoms with Gasteiger partial charge in [0.2, 0.25) is 5.69 Å². The number of hydrogen-bond donors (Lipinski definition) is 0. The molecule has 0 N–H and O–H groups in total. The minimum atomic E-state index is 1.21. The molecule has 0 spiro atoms. The summed E-state index contributed by atoms with van der Waals surface area (Å²) in [6.45, 7) is 4.59. The van der Waals surface area contributed by atoms with Gasteiger partial charge in [0.15, 0.2) is 12.4 Å². The number of aromatic nitrogens is 1. The van der Waals surface area contributed by atoms with Gasteiger partial charge in [0.1, 0.15) is 0 Å². The van der Waals surface area contributed by atoms with E-state index in [1.165, 1.54) is 120 Å². The van der Waals surface area contributed by atoms with Gasteiger partial charge in [0.05, 0.1) is 0 Å². The van der Waals surface area contributed by atoms with Gasteiger partial charge in [-0.05, 0) is 31.7 Å². The van der Waals surface area contributed by atoms with Crippen LogP contribution in [0, 0.1) is 0 Å². The van der Waals surface area contributed by atoms with Crippen molar-refractivity contribution >= 4 is 0 Å². The number of benzene rings is 1. The lowest BCUT2D eigenvalue weighted by atomic mass is 10.0. The Morgan fingerprint density at radius 1 is 0.533 bits per heavy atom. The molecular formula is C29H46N+. The summed E-state index contributed by atoms with van der Waals surface area (Å²) in [5.74, 6) is 0. The fourth-order valence-electron chi connectivity index (χ4n) is 4.30. The Morgan fingerprint density at radius 3 is 1.43 bits per heavy atom. The van der Waals surface area contributed by atoms with Crippen LogP contribution < -0.4 is 4.57 Å². The quantitative estimate of drug-likeness (QED) is 0.182. The molecule has 30 heavy (non-hydrogen) atoms. The molecule has 0 saturated heterocycles. The zero-order chi connectivity index (χ0) is 21.3. The first kappa shape index (κ1) is 24.6. The molecule has 1 nitrogen and oxygen atoms in total. The fourth-order valence-corrected chi connectivity index (χ4v) is 4.30. The van der Waals surface area contributed by atoms with Crippen LogP contribution >= 0.6 is 0 Å². The van der Waals surface area contributed by atoms with E-state index in [2.05, 4.69) is 67.2 Å². The summed E-state index contributed by atoms with van der Waals surface area (Å²) >= 11 is 0. The van der Waals surface area contributed by atoms with Crippen molar-refractivity contribution in [1.29, 1.82) is 0 Å². The summed E-state index contributed by atoms with van der Waals surface area (Å²) in [5.41, 5.74) is 4.29. The van der Waals surface area contributed by atoms with E-state index in [1.54, 1.807) is 0 Å². The molecule has 1 heteroatoms. The van der Waals surface area contributed by atoms with Crippen LogP contribution in [0.4, 0.5) is 0 Å². The zero-order valence-electron chi connectivity index (χ0n) is 19.9. The minimum Gasteiger partial charge on any atom is -0.167 e. The SMILES string of the molecule is CCCCCCCCCc1cc(CCCCCCCCC)c[n+](-c2ccccc2)c1. The highest BCUT2D eigenvalue weighted by atomic mass is 14.9. The molecule has 0 bridgehead atoms. The number of para-hydroxylation sites is 1. The van der Waals surface area contributed by atoms with Crippen molar-refractivity contribution in [1.82, 2.24) is 0 Å². The second-order valence-electron chi connectivity index (χ2n) is 9.04. The number of aryl methyl sites for hydroxylation is 2. The van der Waals surface area contributed by atoms with E-state index in [0.717, 1.165) is 0 Å². The summed E-state index contributed by atoms with van der Waals surface area (Å²) < 4.78 is 2.35. The van der Waals surface area contributed by atoms with Crippen LogP contribution in [0.5, 0.6) is 0 Å². The number of hydrogen-bond acceptors (Lipinski definition) is 0. The summed E-state index contributed by atoms with van der Waals surface area (Å²) in [6, 6.07) is 13.3. The monoisotopic (exact) mass is 408 g/mol. The lowest BCUT2D eigenvalue weighted by molar-refractivity contribution is -0.596. The average molecular weight is 409 g/mol. The Balaban J connectivity index is 1.87. The van der Waals surface area contributed by atoms with Crippen LogP contribution in [0.2, 0.25) is 0 Å². The van der Waals surface area contributed by atoms with E-state index in [-0.39, 0.29) is 0 Å². The number of nitrogens with zero attached hydrogens (tertiary/aromatic N) is 1. The molecule has 0 unspecified atom stereocenters. The molecule has 0 saturated carbocycles. The van der Waals surface area contributed by atoms with Gasteiger partial charge in [-0.15, -0.1) is 0 Å². The molecule has 166 valence electrons. The number of unbranched alkanes of at least 4 members (excludes halogenated alkanes) is 12. The van der Waals surface area contributed by atoms with Crippen molar-refractivity contribution in [3.63, 3.8) is 0 Å². The zero-order valence-corrected chi connectivity index (χ0v) is 19.9. The van der Waals surface area contributed by atoms with Gasteiger partial charge in [-0.2, -0.15) is 4.57 Å². The predicted molar refractivity (Wildman–Crippen MR) is 131 cm³/mol. The third-order valence-corrected chi connectivity index (χ3v) is 6.17. The minimum absolute atomic E-state index is 1.21. The topological polar surface area (TPSA) is 3.88 Å². The summed E-state index contributed by atoms with van der Waals surface area (Å²) in [6.07, 6.45) is 26.5. The summed E-state index contributed by atoms with van der Waals surface area (Å²) in [5, 5.41) is 0.